The van der Waals surface area contributed by atoms with E-state index in [0.717, 1.165) is 24.6 Å². The normalized spacial score (nSPS) is 20.1. The molecule has 1 saturated carbocycles. The van der Waals surface area contributed by atoms with Gasteiger partial charge in [-0.25, -0.2) is 4.98 Å². The molecule has 0 radical (unpaired) electrons. The van der Waals surface area contributed by atoms with Crippen LogP contribution in [0, 0.1) is 23.2 Å². The van der Waals surface area contributed by atoms with Crippen molar-refractivity contribution in [3.05, 3.63) is 29.2 Å². The van der Waals surface area contributed by atoms with Crippen LogP contribution in [0.5, 0.6) is 0 Å². The lowest BCUT2D eigenvalue weighted by molar-refractivity contribution is -0.128. The van der Waals surface area contributed by atoms with Crippen LogP contribution in [-0.2, 0) is 9.59 Å². The summed E-state index contributed by atoms with van der Waals surface area (Å²) < 4.78 is 0. The van der Waals surface area contributed by atoms with E-state index in [1.807, 2.05) is 0 Å². The van der Waals surface area contributed by atoms with Gasteiger partial charge in [-0.3, -0.25) is 14.4 Å². The van der Waals surface area contributed by atoms with E-state index in [4.69, 9.17) is 11.6 Å². The van der Waals surface area contributed by atoms with E-state index in [2.05, 4.69) is 32.0 Å². The maximum atomic E-state index is 13.0. The van der Waals surface area contributed by atoms with Crippen LogP contribution >= 0.6 is 11.6 Å². The standard InChI is InChI=1S/C22H25ClN6O3/c23-19-9-14-8-17(28-18(14)11-26-19)22(32)29-16(6-12-3-4-12)21(31)27-15(10-24)7-13-2-1-5-25-20(13)30/h8-9,11-13,15-16,28H,1-7H2,(H,25,30)(H,27,31)(H,29,32). The van der Waals surface area contributed by atoms with Crippen molar-refractivity contribution in [2.75, 3.05) is 6.54 Å². The van der Waals surface area contributed by atoms with Crippen LogP contribution < -0.4 is 16.0 Å². The number of hydrogen-bond acceptors (Lipinski definition) is 5. The van der Waals surface area contributed by atoms with Gasteiger partial charge in [0.15, 0.2) is 0 Å². The van der Waals surface area contributed by atoms with Crippen molar-refractivity contribution in [2.24, 2.45) is 11.8 Å². The maximum absolute atomic E-state index is 13.0. The van der Waals surface area contributed by atoms with Gasteiger partial charge in [0.25, 0.3) is 5.91 Å². The Bertz CT molecular complexity index is 1070. The molecule has 1 saturated heterocycles. The fourth-order valence-corrected chi connectivity index (χ4v) is 4.21. The van der Waals surface area contributed by atoms with Gasteiger partial charge in [0.2, 0.25) is 11.8 Å². The molecule has 3 amide bonds. The summed E-state index contributed by atoms with van der Waals surface area (Å²) in [7, 11) is 0. The second kappa shape index (κ2) is 9.57. The number of amides is 3. The van der Waals surface area contributed by atoms with Crippen LogP contribution in [0.1, 0.15) is 49.0 Å². The molecule has 1 aliphatic carbocycles. The molecular weight excluding hydrogens is 432 g/mol. The van der Waals surface area contributed by atoms with Gasteiger partial charge in [-0.15, -0.1) is 0 Å². The molecule has 0 bridgehead atoms. The van der Waals surface area contributed by atoms with Gasteiger partial charge in [-0.1, -0.05) is 24.4 Å². The van der Waals surface area contributed by atoms with Gasteiger partial charge in [0.05, 0.1) is 17.8 Å². The summed E-state index contributed by atoms with van der Waals surface area (Å²) in [6.45, 7) is 0.643. The largest absolute Gasteiger partial charge is 0.356 e. The number of hydrogen-bond donors (Lipinski definition) is 4. The van der Waals surface area contributed by atoms with Crippen molar-refractivity contribution in [3.8, 4) is 6.07 Å². The summed E-state index contributed by atoms with van der Waals surface area (Å²) in [6.07, 6.45) is 5.89. The lowest BCUT2D eigenvalue weighted by atomic mass is 9.92. The Kier molecular flexibility index (Phi) is 6.61. The molecule has 3 atom stereocenters. The molecule has 1 aliphatic heterocycles. The van der Waals surface area contributed by atoms with E-state index in [1.54, 1.807) is 18.3 Å². The van der Waals surface area contributed by atoms with E-state index in [1.165, 1.54) is 0 Å². The van der Waals surface area contributed by atoms with Crippen molar-refractivity contribution in [3.63, 3.8) is 0 Å². The molecule has 3 heterocycles. The minimum Gasteiger partial charge on any atom is -0.356 e. The number of pyridine rings is 1. The number of carbonyl (C=O) groups is 3. The second-order valence-electron chi connectivity index (χ2n) is 8.54. The monoisotopic (exact) mass is 456 g/mol. The fraction of sp³-hybridized carbons (Fsp3) is 0.500. The fourth-order valence-electron chi connectivity index (χ4n) is 4.04. The average Bonchev–Trinajstić information content (AvgIpc) is 3.49. The number of H-pyrrole nitrogens is 1. The molecule has 9 nitrogen and oxygen atoms in total. The van der Waals surface area contributed by atoms with Crippen LogP contribution in [0.4, 0.5) is 0 Å². The summed E-state index contributed by atoms with van der Waals surface area (Å²) in [5.41, 5.74) is 0.964. The van der Waals surface area contributed by atoms with E-state index in [0.29, 0.717) is 41.7 Å². The predicted molar refractivity (Wildman–Crippen MR) is 118 cm³/mol. The number of fused-ring (bicyclic) bond motifs is 1. The van der Waals surface area contributed by atoms with Crippen LogP contribution in [0.2, 0.25) is 5.15 Å². The molecule has 10 heteroatoms. The zero-order chi connectivity index (χ0) is 22.7. The number of nitrogens with zero attached hydrogens (tertiary/aromatic N) is 2. The van der Waals surface area contributed by atoms with E-state index in [-0.39, 0.29) is 18.2 Å². The number of halogens is 1. The smallest absolute Gasteiger partial charge is 0.268 e. The van der Waals surface area contributed by atoms with E-state index < -0.39 is 23.9 Å². The van der Waals surface area contributed by atoms with Gasteiger partial charge in [-0.2, -0.15) is 5.26 Å². The number of nitrogens with one attached hydrogen (secondary N) is 4. The third-order valence-corrected chi connectivity index (χ3v) is 6.20. The number of aromatic amines is 1. The number of piperidine rings is 1. The Labute approximate surface area is 190 Å². The van der Waals surface area contributed by atoms with Crippen molar-refractivity contribution in [1.82, 2.24) is 25.9 Å². The zero-order valence-corrected chi connectivity index (χ0v) is 18.2. The van der Waals surface area contributed by atoms with E-state index in [9.17, 15) is 19.6 Å². The van der Waals surface area contributed by atoms with E-state index >= 15 is 0 Å². The highest BCUT2D eigenvalue weighted by Crippen LogP contribution is 2.33. The van der Waals surface area contributed by atoms with Crippen molar-refractivity contribution in [2.45, 2.75) is 50.6 Å². The molecule has 168 valence electrons. The van der Waals surface area contributed by atoms with Gasteiger partial charge in [0, 0.05) is 17.8 Å². The predicted octanol–water partition coefficient (Wildman–Crippen LogP) is 2.04. The summed E-state index contributed by atoms with van der Waals surface area (Å²) in [5.74, 6) is -0.826. The van der Waals surface area contributed by atoms with Crippen LogP contribution in [-0.4, -0.2) is 46.3 Å². The topological polar surface area (TPSA) is 140 Å². The highest BCUT2D eigenvalue weighted by Gasteiger charge is 2.33. The van der Waals surface area contributed by atoms with Crippen LogP contribution in [0.3, 0.4) is 0 Å². The first-order valence-corrected chi connectivity index (χ1v) is 11.2. The molecule has 0 aromatic carbocycles. The molecule has 0 spiro atoms. The number of rotatable bonds is 8. The zero-order valence-electron chi connectivity index (χ0n) is 17.5. The van der Waals surface area contributed by atoms with Crippen LogP contribution in [0.25, 0.3) is 10.9 Å². The van der Waals surface area contributed by atoms with Gasteiger partial charge < -0.3 is 20.9 Å². The molecule has 32 heavy (non-hydrogen) atoms. The second-order valence-corrected chi connectivity index (χ2v) is 8.93. The third-order valence-electron chi connectivity index (χ3n) is 6.00. The first kappa shape index (κ1) is 22.1. The summed E-state index contributed by atoms with van der Waals surface area (Å²) >= 11 is 5.91. The Hall–Kier alpha value is -3.12. The minimum atomic E-state index is -0.795. The van der Waals surface area contributed by atoms with Crippen molar-refractivity contribution >= 4 is 40.2 Å². The first-order valence-electron chi connectivity index (χ1n) is 10.9. The summed E-state index contributed by atoms with van der Waals surface area (Å²) in [6, 6.07) is 3.83. The molecule has 2 aliphatic rings. The molecule has 4 rings (SSSR count). The molecular formula is C22H25ClN6O3. The SMILES string of the molecule is N#CC(CC1CCCNC1=O)NC(=O)C(CC1CC1)NC(=O)c1cc2cc(Cl)ncc2[nH]1. The molecule has 2 fully saturated rings. The summed E-state index contributed by atoms with van der Waals surface area (Å²) in [4.78, 5) is 44.8. The molecule has 4 N–H and O–H groups in total. The van der Waals surface area contributed by atoms with Gasteiger partial charge in [0.1, 0.15) is 22.9 Å². The highest BCUT2D eigenvalue weighted by molar-refractivity contribution is 6.30. The Morgan fingerprint density at radius 3 is 2.78 bits per heavy atom. The average molecular weight is 457 g/mol. The quantitative estimate of drug-likeness (QED) is 0.450. The minimum absolute atomic E-state index is 0.0815. The van der Waals surface area contributed by atoms with Gasteiger partial charge in [-0.05, 0) is 43.7 Å². The van der Waals surface area contributed by atoms with Crippen molar-refractivity contribution in [1.29, 1.82) is 5.26 Å². The Balaban J connectivity index is 1.42. The first-order chi connectivity index (χ1) is 15.4. The number of carbonyl (C=O) groups excluding carboxylic acids is 3. The lowest BCUT2D eigenvalue weighted by Gasteiger charge is -2.25. The van der Waals surface area contributed by atoms with Gasteiger partial charge >= 0.3 is 0 Å². The molecule has 2 aromatic rings. The third kappa shape index (κ3) is 5.37. The maximum Gasteiger partial charge on any atom is 0.268 e. The highest BCUT2D eigenvalue weighted by atomic mass is 35.5. The Morgan fingerprint density at radius 2 is 2.06 bits per heavy atom. The molecule has 2 aromatic heterocycles. The van der Waals surface area contributed by atoms with Crippen molar-refractivity contribution < 1.29 is 14.4 Å². The molecule has 3 unspecified atom stereocenters. The Morgan fingerprint density at radius 1 is 1.25 bits per heavy atom. The van der Waals surface area contributed by atoms with Crippen LogP contribution in [0.15, 0.2) is 18.3 Å². The summed E-state index contributed by atoms with van der Waals surface area (Å²) in [5, 5.41) is 18.9. The lowest BCUT2D eigenvalue weighted by Crippen LogP contribution is -2.50. The number of nitriles is 1. The number of aromatic nitrogens is 2.